The van der Waals surface area contributed by atoms with Crippen molar-refractivity contribution in [2.24, 2.45) is 10.8 Å². The highest BCUT2D eigenvalue weighted by Gasteiger charge is 2.41. The Morgan fingerprint density at radius 1 is 1.30 bits per heavy atom. The molecule has 1 aliphatic heterocycles. The number of aliphatic carboxylic acids is 1. The lowest BCUT2D eigenvalue weighted by Gasteiger charge is -2.39. The number of piperidine rings is 1. The van der Waals surface area contributed by atoms with Crippen molar-refractivity contribution in [1.82, 2.24) is 10.2 Å². The zero-order valence-corrected chi connectivity index (χ0v) is 13.3. The van der Waals surface area contributed by atoms with Gasteiger partial charge in [-0.05, 0) is 31.6 Å². The van der Waals surface area contributed by atoms with Crippen molar-refractivity contribution >= 4 is 12.0 Å². The van der Waals surface area contributed by atoms with Gasteiger partial charge in [0.1, 0.15) is 0 Å². The Hall–Kier alpha value is -1.26. The topological polar surface area (TPSA) is 69.6 Å². The third-order valence-corrected chi connectivity index (χ3v) is 4.78. The molecule has 0 bridgehead atoms. The minimum absolute atomic E-state index is 0.0136. The van der Waals surface area contributed by atoms with E-state index in [4.69, 9.17) is 0 Å². The van der Waals surface area contributed by atoms with E-state index in [-0.39, 0.29) is 17.5 Å². The van der Waals surface area contributed by atoms with Crippen LogP contribution in [0.25, 0.3) is 0 Å². The van der Waals surface area contributed by atoms with Crippen LogP contribution in [0.1, 0.15) is 53.9 Å². The van der Waals surface area contributed by atoms with Crippen LogP contribution in [0.3, 0.4) is 0 Å². The predicted octanol–water partition coefficient (Wildman–Crippen LogP) is 2.71. The van der Waals surface area contributed by atoms with Gasteiger partial charge in [-0.2, -0.15) is 0 Å². The molecular weight excluding hydrogens is 256 g/mol. The Labute approximate surface area is 121 Å². The van der Waals surface area contributed by atoms with Gasteiger partial charge in [0, 0.05) is 19.1 Å². The van der Waals surface area contributed by atoms with E-state index in [1.165, 1.54) is 0 Å². The number of likely N-dealkylation sites (tertiary alicyclic amines) is 1. The number of urea groups is 1. The Kier molecular flexibility index (Phi) is 5.05. The summed E-state index contributed by atoms with van der Waals surface area (Å²) in [6, 6.07) is -0.00477. The van der Waals surface area contributed by atoms with Gasteiger partial charge in [-0.3, -0.25) is 4.79 Å². The average Bonchev–Trinajstić information content (AvgIpc) is 2.37. The molecule has 2 amide bonds. The first-order valence-electron chi connectivity index (χ1n) is 7.41. The Morgan fingerprint density at radius 2 is 1.80 bits per heavy atom. The number of carbonyl (C=O) groups is 2. The molecule has 20 heavy (non-hydrogen) atoms. The molecule has 1 atom stereocenters. The van der Waals surface area contributed by atoms with E-state index in [0.29, 0.717) is 32.4 Å². The highest BCUT2D eigenvalue weighted by atomic mass is 16.4. The van der Waals surface area contributed by atoms with Crippen LogP contribution in [-0.4, -0.2) is 41.1 Å². The van der Waals surface area contributed by atoms with E-state index < -0.39 is 11.4 Å². The van der Waals surface area contributed by atoms with Gasteiger partial charge >= 0.3 is 12.0 Å². The molecule has 1 aliphatic rings. The molecule has 0 aliphatic carbocycles. The molecule has 1 saturated heterocycles. The Balaban J connectivity index is 2.57. The van der Waals surface area contributed by atoms with Crippen LogP contribution in [0.4, 0.5) is 4.79 Å². The fraction of sp³-hybridized carbons (Fsp3) is 0.867. The molecule has 1 fully saturated rings. The lowest BCUT2D eigenvalue weighted by atomic mass is 9.76. The van der Waals surface area contributed by atoms with E-state index >= 15 is 0 Å². The molecule has 2 N–H and O–H groups in total. The number of nitrogens with zero attached hydrogens (tertiary/aromatic N) is 1. The third kappa shape index (κ3) is 3.64. The van der Waals surface area contributed by atoms with Crippen LogP contribution in [0, 0.1) is 10.8 Å². The summed E-state index contributed by atoms with van der Waals surface area (Å²) in [6.45, 7) is 11.2. The summed E-state index contributed by atoms with van der Waals surface area (Å²) in [5.41, 5.74) is -0.633. The van der Waals surface area contributed by atoms with Crippen LogP contribution in [0.2, 0.25) is 0 Å². The van der Waals surface area contributed by atoms with Crippen LogP contribution < -0.4 is 5.32 Å². The molecule has 1 unspecified atom stereocenters. The monoisotopic (exact) mass is 284 g/mol. The summed E-state index contributed by atoms with van der Waals surface area (Å²) in [5.74, 6) is -0.733. The van der Waals surface area contributed by atoms with Crippen molar-refractivity contribution in [3.63, 3.8) is 0 Å². The summed E-state index contributed by atoms with van der Waals surface area (Å²) < 4.78 is 0. The van der Waals surface area contributed by atoms with Crippen molar-refractivity contribution in [2.45, 2.75) is 59.9 Å². The van der Waals surface area contributed by atoms with E-state index in [1.54, 1.807) is 4.90 Å². The number of amides is 2. The zero-order chi connectivity index (χ0) is 15.6. The summed E-state index contributed by atoms with van der Waals surface area (Å²) in [4.78, 5) is 25.3. The molecule has 1 heterocycles. The second-order valence-corrected chi connectivity index (χ2v) is 6.96. The van der Waals surface area contributed by atoms with Gasteiger partial charge in [-0.1, -0.05) is 27.7 Å². The van der Waals surface area contributed by atoms with Gasteiger partial charge in [0.25, 0.3) is 0 Å². The number of carboxylic acids is 1. The molecule has 0 saturated carbocycles. The first kappa shape index (κ1) is 16.8. The highest BCUT2D eigenvalue weighted by molar-refractivity contribution is 5.77. The quantitative estimate of drug-likeness (QED) is 0.837. The number of hydrogen-bond acceptors (Lipinski definition) is 2. The summed E-state index contributed by atoms with van der Waals surface area (Å²) in [6.07, 6.45) is 1.70. The lowest BCUT2D eigenvalue weighted by molar-refractivity contribution is -0.151. The largest absolute Gasteiger partial charge is 0.481 e. The van der Waals surface area contributed by atoms with Crippen molar-refractivity contribution < 1.29 is 14.7 Å². The van der Waals surface area contributed by atoms with Crippen LogP contribution in [0.5, 0.6) is 0 Å². The van der Waals surface area contributed by atoms with Crippen molar-refractivity contribution in [3.8, 4) is 0 Å². The molecule has 1 rings (SSSR count). The fourth-order valence-electron chi connectivity index (χ4n) is 2.35. The van der Waals surface area contributed by atoms with Crippen molar-refractivity contribution in [2.75, 3.05) is 13.1 Å². The predicted molar refractivity (Wildman–Crippen MR) is 78.6 cm³/mol. The second kappa shape index (κ2) is 6.02. The normalized spacial score (nSPS) is 20.4. The minimum atomic E-state index is -0.733. The number of nitrogens with one attached hydrogen (secondary N) is 1. The molecule has 5 nitrogen and oxygen atoms in total. The smallest absolute Gasteiger partial charge is 0.317 e. The second-order valence-electron chi connectivity index (χ2n) is 6.96. The number of carboxylic acid groups (broad SMARTS) is 1. The van der Waals surface area contributed by atoms with Crippen molar-refractivity contribution in [3.05, 3.63) is 0 Å². The van der Waals surface area contributed by atoms with Crippen molar-refractivity contribution in [1.29, 1.82) is 0 Å². The summed E-state index contributed by atoms with van der Waals surface area (Å²) in [7, 11) is 0. The average molecular weight is 284 g/mol. The first-order valence-corrected chi connectivity index (χ1v) is 7.41. The number of rotatable bonds is 3. The lowest BCUT2D eigenvalue weighted by Crippen LogP contribution is -2.52. The van der Waals surface area contributed by atoms with Gasteiger partial charge in [0.2, 0.25) is 0 Å². The van der Waals surface area contributed by atoms with Crippen LogP contribution >= 0.6 is 0 Å². The standard InChI is InChI=1S/C15H28N2O3/c1-6-15(12(18)19)7-9-17(10-8-15)13(20)16-11(2)14(3,4)5/h11H,6-10H2,1-5H3,(H,16,20)(H,18,19). The van der Waals surface area contributed by atoms with Gasteiger partial charge in [0.05, 0.1) is 5.41 Å². The number of hydrogen-bond donors (Lipinski definition) is 2. The zero-order valence-electron chi connectivity index (χ0n) is 13.3. The van der Waals surface area contributed by atoms with Gasteiger partial charge < -0.3 is 15.3 Å². The molecule has 0 spiro atoms. The Bertz CT molecular complexity index is 366. The first-order chi connectivity index (χ1) is 9.12. The summed E-state index contributed by atoms with van der Waals surface area (Å²) >= 11 is 0. The van der Waals surface area contributed by atoms with Gasteiger partial charge in [-0.25, -0.2) is 4.79 Å². The highest BCUT2D eigenvalue weighted by Crippen LogP contribution is 2.35. The van der Waals surface area contributed by atoms with Gasteiger partial charge in [-0.15, -0.1) is 0 Å². The van der Waals surface area contributed by atoms with E-state index in [2.05, 4.69) is 26.1 Å². The maximum absolute atomic E-state index is 12.2. The minimum Gasteiger partial charge on any atom is -0.481 e. The molecule has 0 aromatic carbocycles. The fourth-order valence-corrected chi connectivity index (χ4v) is 2.35. The molecule has 0 aromatic heterocycles. The van der Waals surface area contributed by atoms with Gasteiger partial charge in [0.15, 0.2) is 0 Å². The summed E-state index contributed by atoms with van der Waals surface area (Å²) in [5, 5.41) is 12.4. The maximum atomic E-state index is 12.2. The molecule has 5 heteroatoms. The third-order valence-electron chi connectivity index (χ3n) is 4.78. The SMILES string of the molecule is CCC1(C(=O)O)CCN(C(=O)NC(C)C(C)(C)C)CC1. The van der Waals surface area contributed by atoms with E-state index in [9.17, 15) is 14.7 Å². The van der Waals surface area contributed by atoms with E-state index in [1.807, 2.05) is 13.8 Å². The molecule has 0 aromatic rings. The molecular formula is C15H28N2O3. The van der Waals surface area contributed by atoms with Crippen LogP contribution in [-0.2, 0) is 4.79 Å². The molecule has 0 radical (unpaired) electrons. The Morgan fingerprint density at radius 3 is 2.15 bits per heavy atom. The van der Waals surface area contributed by atoms with Crippen LogP contribution in [0.15, 0.2) is 0 Å². The maximum Gasteiger partial charge on any atom is 0.317 e. The molecule has 116 valence electrons. The number of carbonyl (C=O) groups excluding carboxylic acids is 1. The van der Waals surface area contributed by atoms with E-state index in [0.717, 1.165) is 0 Å².